The van der Waals surface area contributed by atoms with E-state index in [9.17, 15) is 19.7 Å². The van der Waals surface area contributed by atoms with Crippen LogP contribution in [0.15, 0.2) is 66.7 Å². The summed E-state index contributed by atoms with van der Waals surface area (Å²) in [5.41, 5.74) is 3.36. The molecule has 0 unspecified atom stereocenters. The number of nitrogens with zero attached hydrogens (tertiary/aromatic N) is 2. The number of nitro benzene ring substituents is 1. The van der Waals surface area contributed by atoms with Gasteiger partial charge in [-0.1, -0.05) is 55.5 Å². The van der Waals surface area contributed by atoms with Gasteiger partial charge in [0, 0.05) is 23.0 Å². The lowest BCUT2D eigenvalue weighted by atomic mass is 9.99. The van der Waals surface area contributed by atoms with Gasteiger partial charge in [-0.2, -0.15) is 0 Å². The average Bonchev–Trinajstić information content (AvgIpc) is 2.86. The van der Waals surface area contributed by atoms with Crippen LogP contribution in [0.2, 0.25) is 0 Å². The third kappa shape index (κ3) is 5.84. The van der Waals surface area contributed by atoms with Gasteiger partial charge in [-0.25, -0.2) is 9.59 Å². The van der Waals surface area contributed by atoms with Crippen molar-refractivity contribution in [2.45, 2.75) is 26.8 Å². The molecule has 3 rings (SSSR count). The molecule has 0 saturated heterocycles. The molecule has 0 saturated carbocycles. The smallest absolute Gasteiger partial charge is 0.462 e. The van der Waals surface area contributed by atoms with E-state index in [1.807, 2.05) is 48.5 Å². The molecule has 0 heterocycles. The zero-order valence-electron chi connectivity index (χ0n) is 18.9. The number of carbonyl (C=O) groups excluding carboxylic acids is 2. The fraction of sp³-hybridized carbons (Fsp3) is 0.192. The minimum atomic E-state index is -0.625. The van der Waals surface area contributed by atoms with Gasteiger partial charge < -0.3 is 10.1 Å². The number of nitrogens with one attached hydrogen (secondary N) is 1. The number of rotatable bonds is 8. The number of hydrogen-bond donors (Lipinski definition) is 1. The molecule has 3 aromatic rings. The first-order valence-electron chi connectivity index (χ1n) is 10.8. The Morgan fingerprint density at radius 3 is 2.44 bits per heavy atom. The van der Waals surface area contributed by atoms with Crippen molar-refractivity contribution in [3.05, 3.63) is 98.4 Å². The molecule has 8 heteroatoms. The summed E-state index contributed by atoms with van der Waals surface area (Å²) in [7, 11) is 0. The van der Waals surface area contributed by atoms with Crippen LogP contribution in [-0.2, 0) is 16.1 Å². The monoisotopic (exact) mass is 458 g/mol. The maximum atomic E-state index is 12.3. The SMILES string of the molecule is CCOC(=O)c1cccc([N+](=O)[O-])c1NCc1ccc(-c2ccccc2C#[N+]C(=O)CC)cc1. The molecule has 34 heavy (non-hydrogen) atoms. The van der Waals surface area contributed by atoms with Crippen LogP contribution in [0.25, 0.3) is 16.0 Å². The molecule has 0 spiro atoms. The van der Waals surface area contributed by atoms with Crippen molar-refractivity contribution >= 4 is 23.3 Å². The standard InChI is InChI=1S/C26H23N3O5/c1-3-24(30)27-17-20-8-5-6-9-21(20)19-14-12-18(13-15-19)16-28-25-22(26(31)34-4-2)10-7-11-23(25)29(32)33/h5-15H,3-4,16H2,1-2H3/p+1. The van der Waals surface area contributed by atoms with Crippen molar-refractivity contribution in [3.8, 4) is 17.2 Å². The van der Waals surface area contributed by atoms with Crippen LogP contribution >= 0.6 is 0 Å². The highest BCUT2D eigenvalue weighted by atomic mass is 16.6. The van der Waals surface area contributed by atoms with E-state index in [0.29, 0.717) is 12.0 Å². The summed E-state index contributed by atoms with van der Waals surface area (Å²) < 4.78 is 5.04. The van der Waals surface area contributed by atoms with E-state index >= 15 is 0 Å². The Kier molecular flexibility index (Phi) is 8.08. The Bertz CT molecular complexity index is 1270. The highest BCUT2D eigenvalue weighted by Gasteiger charge is 2.22. The molecule has 0 aliphatic rings. The van der Waals surface area contributed by atoms with E-state index in [-0.39, 0.29) is 36.0 Å². The highest BCUT2D eigenvalue weighted by Crippen LogP contribution is 2.30. The molecule has 1 N–H and O–H groups in total. The van der Waals surface area contributed by atoms with Crippen LogP contribution in [-0.4, -0.2) is 23.4 Å². The largest absolute Gasteiger partial charge is 0.515 e. The first-order valence-corrected chi connectivity index (χ1v) is 10.8. The second-order valence-electron chi connectivity index (χ2n) is 7.24. The van der Waals surface area contributed by atoms with Crippen LogP contribution < -0.4 is 5.32 Å². The topological polar surface area (TPSA) is 103 Å². The lowest BCUT2D eigenvalue weighted by Gasteiger charge is -2.12. The van der Waals surface area contributed by atoms with Crippen LogP contribution in [0.5, 0.6) is 0 Å². The predicted molar refractivity (Wildman–Crippen MR) is 130 cm³/mol. The number of benzene rings is 3. The molecular weight excluding hydrogens is 434 g/mol. The number of nitro groups is 1. The summed E-state index contributed by atoms with van der Waals surface area (Å²) >= 11 is 0. The first-order chi connectivity index (χ1) is 16.4. The van der Waals surface area contributed by atoms with Gasteiger partial charge in [0.25, 0.3) is 5.69 Å². The zero-order chi connectivity index (χ0) is 24.5. The fourth-order valence-electron chi connectivity index (χ4n) is 3.28. The third-order valence-electron chi connectivity index (χ3n) is 5.00. The lowest BCUT2D eigenvalue weighted by Crippen LogP contribution is -2.11. The number of carbonyl (C=O) groups is 2. The van der Waals surface area contributed by atoms with Crippen LogP contribution in [0, 0.1) is 16.2 Å². The molecule has 8 nitrogen and oxygen atoms in total. The number of hydrogen-bond acceptors (Lipinski definition) is 6. The molecular formula is C26H24N3O5+. The van der Waals surface area contributed by atoms with E-state index in [4.69, 9.17) is 4.74 Å². The molecule has 3 aromatic carbocycles. The molecule has 0 aromatic heterocycles. The lowest BCUT2D eigenvalue weighted by molar-refractivity contribution is -0.384. The minimum Gasteiger partial charge on any atom is -0.462 e. The number of amides is 1. The van der Waals surface area contributed by atoms with Gasteiger partial charge in [0.15, 0.2) is 0 Å². The molecule has 0 radical (unpaired) electrons. The molecule has 0 atom stereocenters. The van der Waals surface area contributed by atoms with Gasteiger partial charge >= 0.3 is 17.9 Å². The van der Waals surface area contributed by atoms with Crippen molar-refractivity contribution in [3.63, 3.8) is 0 Å². The molecule has 1 amide bonds. The van der Waals surface area contributed by atoms with Gasteiger partial charge in [-0.3, -0.25) is 10.1 Å². The summed E-state index contributed by atoms with van der Waals surface area (Å²) in [6.07, 6.45) is 0.314. The van der Waals surface area contributed by atoms with Crippen molar-refractivity contribution in [1.82, 2.24) is 0 Å². The summed E-state index contributed by atoms with van der Waals surface area (Å²) in [5, 5.41) is 14.5. The summed E-state index contributed by atoms with van der Waals surface area (Å²) in [5.74, 6) is -0.867. The Balaban J connectivity index is 1.84. The van der Waals surface area contributed by atoms with Crippen molar-refractivity contribution in [2.75, 3.05) is 11.9 Å². The number of esters is 1. The maximum absolute atomic E-state index is 12.3. The fourth-order valence-corrected chi connectivity index (χ4v) is 3.28. The van der Waals surface area contributed by atoms with Crippen LogP contribution in [0.3, 0.4) is 0 Å². The third-order valence-corrected chi connectivity index (χ3v) is 5.00. The highest BCUT2D eigenvalue weighted by molar-refractivity contribution is 5.98. The second kappa shape index (κ2) is 11.4. The van der Waals surface area contributed by atoms with Crippen LogP contribution in [0.4, 0.5) is 11.4 Å². The first kappa shape index (κ1) is 24.1. The predicted octanol–water partition coefficient (Wildman–Crippen LogP) is 5.67. The quantitative estimate of drug-likeness (QED) is 0.265. The Hall–Kier alpha value is -4.51. The summed E-state index contributed by atoms with van der Waals surface area (Å²) in [6, 6.07) is 22.2. The molecule has 172 valence electrons. The van der Waals surface area contributed by atoms with E-state index in [1.54, 1.807) is 13.8 Å². The molecule has 0 fully saturated rings. The molecule has 0 aliphatic heterocycles. The van der Waals surface area contributed by atoms with Crippen molar-refractivity contribution in [1.29, 1.82) is 0 Å². The van der Waals surface area contributed by atoms with Gasteiger partial charge in [0.1, 0.15) is 11.3 Å². The number of anilines is 1. The number of para-hydroxylation sites is 1. The van der Waals surface area contributed by atoms with E-state index in [1.165, 1.54) is 18.2 Å². The normalized spacial score (nSPS) is 10.1. The minimum absolute atomic E-state index is 0.109. The summed E-state index contributed by atoms with van der Waals surface area (Å²) in [4.78, 5) is 38.6. The average molecular weight is 458 g/mol. The van der Waals surface area contributed by atoms with Gasteiger partial charge in [-0.15, -0.1) is 0 Å². The second-order valence-corrected chi connectivity index (χ2v) is 7.24. The van der Waals surface area contributed by atoms with E-state index < -0.39 is 10.9 Å². The Morgan fingerprint density at radius 2 is 1.76 bits per heavy atom. The van der Waals surface area contributed by atoms with Gasteiger partial charge in [0.05, 0.1) is 23.5 Å². The van der Waals surface area contributed by atoms with Gasteiger partial charge in [0.2, 0.25) is 0 Å². The Morgan fingerprint density at radius 1 is 1.03 bits per heavy atom. The molecule has 0 bridgehead atoms. The van der Waals surface area contributed by atoms with E-state index in [2.05, 4.69) is 16.2 Å². The van der Waals surface area contributed by atoms with Gasteiger partial charge in [-0.05, 0) is 30.2 Å². The van der Waals surface area contributed by atoms with Crippen molar-refractivity contribution in [2.24, 2.45) is 0 Å². The van der Waals surface area contributed by atoms with E-state index in [0.717, 1.165) is 16.7 Å². The zero-order valence-corrected chi connectivity index (χ0v) is 18.9. The number of ether oxygens (including phenoxy) is 1. The summed E-state index contributed by atoms with van der Waals surface area (Å²) in [6.45, 7) is 3.84. The van der Waals surface area contributed by atoms with Crippen molar-refractivity contribution < 1.29 is 19.2 Å². The maximum Gasteiger partial charge on any atom is 0.515 e. The Labute approximate surface area is 197 Å². The van der Waals surface area contributed by atoms with Crippen LogP contribution in [0.1, 0.15) is 41.8 Å². The molecule has 0 aliphatic carbocycles.